The van der Waals surface area contributed by atoms with Gasteiger partial charge >= 0.3 is 6.18 Å². The zero-order valence-corrected chi connectivity index (χ0v) is 32.0. The molecule has 3 N–H and O–H groups in total. The number of fused-ring (bicyclic) bond motifs is 3. The number of pyridine rings is 1. The number of benzene rings is 2. The molecule has 0 radical (unpaired) electrons. The van der Waals surface area contributed by atoms with E-state index >= 15 is 0 Å². The predicted octanol–water partition coefficient (Wildman–Crippen LogP) is 7.55. The molecule has 298 valence electrons. The van der Waals surface area contributed by atoms with E-state index in [1.807, 2.05) is 27.7 Å². The van der Waals surface area contributed by atoms with Gasteiger partial charge in [0.1, 0.15) is 17.1 Å². The zero-order chi connectivity index (χ0) is 40.8. The fourth-order valence-corrected chi connectivity index (χ4v) is 7.63. The van der Waals surface area contributed by atoms with Gasteiger partial charge < -0.3 is 15.6 Å². The topological polar surface area (TPSA) is 138 Å². The number of aromatic nitrogens is 2. The summed E-state index contributed by atoms with van der Waals surface area (Å²) in [4.78, 5) is 76.0. The number of halogens is 4. The van der Waals surface area contributed by atoms with Crippen LogP contribution in [-0.4, -0.2) is 51.2 Å². The highest BCUT2D eigenvalue weighted by atomic mass is 19.4. The van der Waals surface area contributed by atoms with Gasteiger partial charge in [-0.15, -0.1) is 0 Å². The van der Waals surface area contributed by atoms with Crippen LogP contribution >= 0.6 is 0 Å². The van der Waals surface area contributed by atoms with Gasteiger partial charge in [-0.25, -0.2) is 4.39 Å². The number of para-hydroxylation sites is 1. The second kappa shape index (κ2) is 17.7. The van der Waals surface area contributed by atoms with Gasteiger partial charge in [-0.1, -0.05) is 70.9 Å². The van der Waals surface area contributed by atoms with E-state index in [2.05, 4.69) is 20.6 Å². The summed E-state index contributed by atoms with van der Waals surface area (Å²) < 4.78 is 56.7. The van der Waals surface area contributed by atoms with Gasteiger partial charge in [0.15, 0.2) is 11.6 Å². The van der Waals surface area contributed by atoms with E-state index < -0.39 is 52.5 Å². The first-order valence-corrected chi connectivity index (χ1v) is 19.1. The van der Waals surface area contributed by atoms with Gasteiger partial charge in [0.05, 0.1) is 17.6 Å². The Morgan fingerprint density at radius 3 is 2.18 bits per heavy atom. The van der Waals surface area contributed by atoms with Crippen LogP contribution in [0.2, 0.25) is 0 Å². The summed E-state index contributed by atoms with van der Waals surface area (Å²) in [6.07, 6.45) is -1.51. The summed E-state index contributed by atoms with van der Waals surface area (Å²) in [7, 11) is 0. The van der Waals surface area contributed by atoms with Crippen LogP contribution in [0, 0.1) is 29.5 Å². The Bertz CT molecular complexity index is 2080. The molecule has 0 spiro atoms. The first-order chi connectivity index (χ1) is 26.6. The Labute approximate surface area is 323 Å². The Morgan fingerprint density at radius 1 is 0.875 bits per heavy atom. The molecular formula is C43H48F4N4O5. The maximum atomic E-state index is 14.8. The van der Waals surface area contributed by atoms with E-state index in [0.29, 0.717) is 29.7 Å². The number of H-pyrrole nitrogens is 1. The molecule has 5 rings (SSSR count). The Morgan fingerprint density at radius 2 is 1.54 bits per heavy atom. The number of ketones is 3. The number of aryl methyl sites for hydroxylation is 1. The third-order valence-corrected chi connectivity index (χ3v) is 11.5. The van der Waals surface area contributed by atoms with E-state index in [1.54, 1.807) is 12.1 Å². The third kappa shape index (κ3) is 9.42. The maximum Gasteiger partial charge on any atom is 0.418 e. The Hall–Kier alpha value is -5.20. The lowest BCUT2D eigenvalue weighted by Crippen LogP contribution is -2.60. The second-order valence-corrected chi connectivity index (χ2v) is 15.1. The Kier molecular flexibility index (Phi) is 13.3. The minimum absolute atomic E-state index is 0.0184. The van der Waals surface area contributed by atoms with Crippen LogP contribution in [-0.2, 0) is 44.6 Å². The number of nitrogens with zero attached hydrogens (tertiary/aromatic N) is 1. The van der Waals surface area contributed by atoms with Crippen molar-refractivity contribution in [3.8, 4) is 0 Å². The number of rotatable bonds is 17. The van der Waals surface area contributed by atoms with Gasteiger partial charge in [-0.3, -0.25) is 29.0 Å². The van der Waals surface area contributed by atoms with E-state index in [9.17, 15) is 41.5 Å². The van der Waals surface area contributed by atoms with E-state index in [-0.39, 0.29) is 84.9 Å². The lowest BCUT2D eigenvalue weighted by atomic mass is 9.72. The van der Waals surface area contributed by atoms with Crippen LogP contribution < -0.4 is 10.6 Å². The van der Waals surface area contributed by atoms with Crippen LogP contribution in [0.5, 0.6) is 0 Å². The lowest BCUT2D eigenvalue weighted by molar-refractivity contribution is -0.139. The summed E-state index contributed by atoms with van der Waals surface area (Å²) in [5.74, 6) is -5.31. The molecule has 2 aromatic carbocycles. The van der Waals surface area contributed by atoms with Crippen molar-refractivity contribution in [3.05, 3.63) is 101 Å². The van der Waals surface area contributed by atoms with Crippen molar-refractivity contribution in [2.45, 2.75) is 90.8 Å². The van der Waals surface area contributed by atoms with Crippen molar-refractivity contribution in [3.63, 3.8) is 0 Å². The molecule has 9 nitrogen and oxygen atoms in total. The normalized spacial score (nSPS) is 17.6. The molecule has 56 heavy (non-hydrogen) atoms. The van der Waals surface area contributed by atoms with Crippen molar-refractivity contribution in [2.75, 3.05) is 6.54 Å². The average molecular weight is 777 g/mol. The molecule has 1 aliphatic rings. The largest absolute Gasteiger partial charge is 0.418 e. The van der Waals surface area contributed by atoms with Crippen LogP contribution in [0.4, 0.5) is 17.6 Å². The van der Waals surface area contributed by atoms with Gasteiger partial charge in [-0.05, 0) is 60.1 Å². The molecule has 2 amide bonds. The van der Waals surface area contributed by atoms with E-state index in [0.717, 1.165) is 6.07 Å². The molecule has 2 heterocycles. The molecular weight excluding hydrogens is 728 g/mol. The lowest BCUT2D eigenvalue weighted by Gasteiger charge is -2.39. The molecule has 0 bridgehead atoms. The molecule has 4 aromatic rings. The summed E-state index contributed by atoms with van der Waals surface area (Å²) in [5.41, 5.74) is -1.11. The van der Waals surface area contributed by atoms with Crippen molar-refractivity contribution in [2.24, 2.45) is 23.7 Å². The predicted molar refractivity (Wildman–Crippen MR) is 203 cm³/mol. The third-order valence-electron chi connectivity index (χ3n) is 11.5. The smallest absolute Gasteiger partial charge is 0.358 e. The zero-order valence-electron chi connectivity index (χ0n) is 32.0. The number of alkyl halides is 3. The summed E-state index contributed by atoms with van der Waals surface area (Å²) in [5, 5.41) is 5.94. The van der Waals surface area contributed by atoms with Crippen molar-refractivity contribution in [1.82, 2.24) is 20.6 Å². The number of aromatic amines is 1. The minimum atomic E-state index is -4.65. The molecule has 3 unspecified atom stereocenters. The van der Waals surface area contributed by atoms with Crippen molar-refractivity contribution < 1.29 is 41.5 Å². The SMILES string of the molecule is CCC(C)[C@H](CC(=O)C1(NC(=O)[C@@H](CC(=O)Cc2ccccc2F)C(C)CC)CCc2[nH]c3c(C(F)(F)F)cccc3c2C1)C(=O)NCC(=O)c1ccncc1. The minimum Gasteiger partial charge on any atom is -0.358 e. The molecule has 0 fully saturated rings. The van der Waals surface area contributed by atoms with Crippen molar-refractivity contribution >= 4 is 40.1 Å². The highest BCUT2D eigenvalue weighted by molar-refractivity contribution is 6.01. The number of Topliss-reactive ketones (excluding diaryl/α,β-unsaturated/α-hetero) is 3. The molecule has 0 saturated carbocycles. The van der Waals surface area contributed by atoms with E-state index in [1.165, 1.54) is 48.8 Å². The summed E-state index contributed by atoms with van der Waals surface area (Å²) >= 11 is 0. The van der Waals surface area contributed by atoms with Crippen molar-refractivity contribution in [1.29, 1.82) is 0 Å². The fourth-order valence-electron chi connectivity index (χ4n) is 7.63. The number of carbonyl (C=O) groups excluding carboxylic acids is 5. The van der Waals surface area contributed by atoms with Gasteiger partial charge in [0.25, 0.3) is 0 Å². The molecule has 2 aromatic heterocycles. The molecule has 0 aliphatic heterocycles. The average Bonchev–Trinajstić information content (AvgIpc) is 3.55. The molecule has 13 heteroatoms. The van der Waals surface area contributed by atoms with Crippen LogP contribution in [0.15, 0.2) is 67.0 Å². The molecule has 5 atom stereocenters. The summed E-state index contributed by atoms with van der Waals surface area (Å²) in [6.45, 7) is 7.03. The van der Waals surface area contributed by atoms with Crippen LogP contribution in [0.1, 0.15) is 92.5 Å². The van der Waals surface area contributed by atoms with Crippen LogP contribution in [0.3, 0.4) is 0 Å². The molecule has 1 aliphatic carbocycles. The van der Waals surface area contributed by atoms with Gasteiger partial charge in [0.2, 0.25) is 11.8 Å². The Balaban J connectivity index is 1.48. The highest BCUT2D eigenvalue weighted by Crippen LogP contribution is 2.41. The number of carbonyl (C=O) groups is 5. The highest BCUT2D eigenvalue weighted by Gasteiger charge is 2.47. The quantitative estimate of drug-likeness (QED) is 0.0749. The maximum absolute atomic E-state index is 14.8. The summed E-state index contributed by atoms with van der Waals surface area (Å²) in [6, 6.07) is 12.8. The number of amides is 2. The first kappa shape index (κ1) is 42.0. The number of hydrogen-bond acceptors (Lipinski definition) is 6. The monoisotopic (exact) mass is 776 g/mol. The first-order valence-electron chi connectivity index (χ1n) is 19.1. The second-order valence-electron chi connectivity index (χ2n) is 15.1. The van der Waals surface area contributed by atoms with Gasteiger partial charge in [0, 0.05) is 66.6 Å². The fraction of sp³-hybridized carbons (Fsp3) is 0.442. The van der Waals surface area contributed by atoms with E-state index in [4.69, 9.17) is 0 Å². The van der Waals surface area contributed by atoms with Crippen LogP contribution in [0.25, 0.3) is 10.9 Å². The standard InChI is InChI=1S/C43H48F4N4O5/c1-5-25(3)31(21-29(52)20-28-10-7-8-13-35(28)44)41(56)51-42(17-14-36-33(23-42)30-11-9-12-34(39(30)50-36)43(45,46)47)38(54)22-32(26(4)6-2)40(55)49-24-37(53)27-15-18-48-19-16-27/h7-13,15-16,18-19,25-26,31-32,50H,5-6,14,17,20-24H2,1-4H3,(H,49,55)(H,51,56)/t25?,26?,31-,32-,42?/m0/s1. The molecule has 0 saturated heterocycles. The number of nitrogens with one attached hydrogen (secondary N) is 3. The number of hydrogen-bond donors (Lipinski definition) is 3. The van der Waals surface area contributed by atoms with Gasteiger partial charge in [-0.2, -0.15) is 13.2 Å².